The fourth-order valence-electron chi connectivity index (χ4n) is 1.32. The van der Waals surface area contributed by atoms with Crippen LogP contribution in [0.2, 0.25) is 0 Å². The Hall–Kier alpha value is -1.12. The van der Waals surface area contributed by atoms with E-state index in [1.807, 2.05) is 19.9 Å². The first kappa shape index (κ1) is 9.96. The Labute approximate surface area is 79.8 Å². The molecule has 3 nitrogen and oxygen atoms in total. The number of hydrogen-bond donors (Lipinski definition) is 0. The van der Waals surface area contributed by atoms with Gasteiger partial charge in [-0.15, -0.1) is 0 Å². The van der Waals surface area contributed by atoms with Gasteiger partial charge < -0.3 is 4.90 Å². The molecule has 13 heavy (non-hydrogen) atoms. The summed E-state index contributed by atoms with van der Waals surface area (Å²) in [5.74, 6) is 1.67. The van der Waals surface area contributed by atoms with Gasteiger partial charge >= 0.3 is 0 Å². The van der Waals surface area contributed by atoms with Crippen LogP contribution in [0.4, 0.5) is 5.95 Å². The van der Waals surface area contributed by atoms with Gasteiger partial charge in [0.15, 0.2) is 0 Å². The van der Waals surface area contributed by atoms with Crippen molar-refractivity contribution < 1.29 is 0 Å². The first-order chi connectivity index (χ1) is 6.36. The van der Waals surface area contributed by atoms with Gasteiger partial charge in [-0.3, -0.25) is 0 Å². The highest BCUT2D eigenvalue weighted by Crippen LogP contribution is 2.18. The van der Waals surface area contributed by atoms with Crippen LogP contribution in [0.3, 0.4) is 0 Å². The van der Waals surface area contributed by atoms with E-state index in [-0.39, 0.29) is 0 Å². The number of hydrogen-bond acceptors (Lipinski definition) is 3. The van der Waals surface area contributed by atoms with E-state index in [2.05, 4.69) is 21.8 Å². The van der Waals surface area contributed by atoms with Gasteiger partial charge in [-0.25, -0.2) is 9.97 Å². The van der Waals surface area contributed by atoms with Gasteiger partial charge in [-0.1, -0.05) is 20.8 Å². The summed E-state index contributed by atoms with van der Waals surface area (Å²) in [6, 6.07) is 1.84. The lowest BCUT2D eigenvalue weighted by molar-refractivity contribution is 0.439. The fraction of sp³-hybridized carbons (Fsp3) is 0.600. The number of aromatic nitrogens is 2. The molecule has 0 spiro atoms. The molecule has 1 aliphatic heterocycles. The predicted octanol–water partition coefficient (Wildman–Crippen LogP) is 1.96. The predicted molar refractivity (Wildman–Crippen MR) is 54.8 cm³/mol. The van der Waals surface area contributed by atoms with Crippen molar-refractivity contribution >= 4 is 5.95 Å². The zero-order valence-electron chi connectivity index (χ0n) is 8.57. The van der Waals surface area contributed by atoms with Crippen LogP contribution in [0.1, 0.15) is 20.8 Å². The molecule has 0 saturated carbocycles. The monoisotopic (exact) mass is 179 g/mol. The molecule has 0 atom stereocenters. The van der Waals surface area contributed by atoms with E-state index in [0.29, 0.717) is 0 Å². The maximum absolute atomic E-state index is 4.15. The number of rotatable bonds is 1. The Morgan fingerprint density at radius 3 is 2.23 bits per heavy atom. The summed E-state index contributed by atoms with van der Waals surface area (Å²) in [4.78, 5) is 10.5. The van der Waals surface area contributed by atoms with Gasteiger partial charge in [0.1, 0.15) is 0 Å². The largest absolute Gasteiger partial charge is 0.340 e. The van der Waals surface area contributed by atoms with E-state index >= 15 is 0 Å². The number of anilines is 1. The summed E-state index contributed by atoms with van der Waals surface area (Å²) in [6.07, 6.45) is 3.57. The molecule has 1 fully saturated rings. The van der Waals surface area contributed by atoms with Crippen molar-refractivity contribution in [3.8, 4) is 0 Å². The van der Waals surface area contributed by atoms with E-state index in [4.69, 9.17) is 0 Å². The molecule has 0 unspecified atom stereocenters. The average molecular weight is 179 g/mol. The third-order valence-corrected chi connectivity index (χ3v) is 1.90. The van der Waals surface area contributed by atoms with E-state index in [1.54, 1.807) is 12.4 Å². The minimum atomic E-state index is 0.804. The molecule has 0 bridgehead atoms. The van der Waals surface area contributed by atoms with Crippen molar-refractivity contribution in [1.82, 2.24) is 9.97 Å². The van der Waals surface area contributed by atoms with E-state index in [9.17, 15) is 0 Å². The molecule has 2 heterocycles. The van der Waals surface area contributed by atoms with Crippen molar-refractivity contribution in [1.29, 1.82) is 0 Å². The Morgan fingerprint density at radius 1 is 1.23 bits per heavy atom. The average Bonchev–Trinajstić information content (AvgIpc) is 2.18. The van der Waals surface area contributed by atoms with Crippen LogP contribution in [0, 0.1) is 5.92 Å². The van der Waals surface area contributed by atoms with E-state index in [0.717, 1.165) is 25.0 Å². The highest BCUT2D eigenvalue weighted by Gasteiger charge is 2.23. The van der Waals surface area contributed by atoms with Crippen LogP contribution < -0.4 is 4.90 Å². The summed E-state index contributed by atoms with van der Waals surface area (Å²) in [7, 11) is 0. The fourth-order valence-corrected chi connectivity index (χ4v) is 1.32. The minimum Gasteiger partial charge on any atom is -0.340 e. The first-order valence-corrected chi connectivity index (χ1v) is 4.88. The lowest BCUT2D eigenvalue weighted by atomic mass is 10.0. The second-order valence-electron chi connectivity index (χ2n) is 3.06. The lowest BCUT2D eigenvalue weighted by Crippen LogP contribution is -2.46. The van der Waals surface area contributed by atoms with Gasteiger partial charge in [0.2, 0.25) is 5.95 Å². The summed E-state index contributed by atoms with van der Waals surface area (Å²) in [5.41, 5.74) is 0. The Bertz CT molecular complexity index is 229. The maximum Gasteiger partial charge on any atom is 0.225 e. The first-order valence-electron chi connectivity index (χ1n) is 4.88. The zero-order chi connectivity index (χ0) is 9.68. The van der Waals surface area contributed by atoms with Crippen LogP contribution in [0.15, 0.2) is 18.5 Å². The zero-order valence-corrected chi connectivity index (χ0v) is 8.57. The summed E-state index contributed by atoms with van der Waals surface area (Å²) < 4.78 is 0. The minimum absolute atomic E-state index is 0.804. The molecule has 1 saturated heterocycles. The Morgan fingerprint density at radius 2 is 1.77 bits per heavy atom. The molecule has 1 aliphatic rings. The summed E-state index contributed by atoms with van der Waals surface area (Å²) in [6.45, 7) is 8.44. The van der Waals surface area contributed by atoms with Gasteiger partial charge in [-0.05, 0) is 12.0 Å². The highest BCUT2D eigenvalue weighted by molar-refractivity contribution is 5.32. The molecule has 0 N–H and O–H groups in total. The quantitative estimate of drug-likeness (QED) is 0.660. The molecule has 0 radical (unpaired) electrons. The Kier molecular flexibility index (Phi) is 3.68. The summed E-state index contributed by atoms with van der Waals surface area (Å²) in [5, 5.41) is 0. The van der Waals surface area contributed by atoms with Crippen molar-refractivity contribution in [3.63, 3.8) is 0 Å². The maximum atomic E-state index is 4.15. The van der Waals surface area contributed by atoms with Gasteiger partial charge in [0.05, 0.1) is 0 Å². The van der Waals surface area contributed by atoms with Crippen LogP contribution in [0.5, 0.6) is 0 Å². The molecular formula is C10H17N3. The van der Waals surface area contributed by atoms with Gasteiger partial charge in [0.25, 0.3) is 0 Å². The van der Waals surface area contributed by atoms with E-state index < -0.39 is 0 Å². The van der Waals surface area contributed by atoms with Crippen LogP contribution in [-0.2, 0) is 0 Å². The summed E-state index contributed by atoms with van der Waals surface area (Å²) >= 11 is 0. The third kappa shape index (κ3) is 2.41. The highest BCUT2D eigenvalue weighted by atomic mass is 15.3. The normalized spacial score (nSPS) is 15.8. The topological polar surface area (TPSA) is 29.0 Å². The standard InChI is InChI=1S/C8H11N3.C2H6/c1-7-5-11(6-7)8-9-3-2-4-10-8;1-2/h2-4,7H,5-6H2,1H3;1-2H3. The molecule has 3 heteroatoms. The van der Waals surface area contributed by atoms with Gasteiger partial charge in [-0.2, -0.15) is 0 Å². The van der Waals surface area contributed by atoms with Crippen molar-refractivity contribution in [3.05, 3.63) is 18.5 Å². The molecular weight excluding hydrogens is 162 g/mol. The molecule has 1 aromatic heterocycles. The van der Waals surface area contributed by atoms with Gasteiger partial charge in [0, 0.05) is 25.5 Å². The third-order valence-electron chi connectivity index (χ3n) is 1.90. The molecule has 0 amide bonds. The van der Waals surface area contributed by atoms with Crippen LogP contribution in [0.25, 0.3) is 0 Å². The molecule has 0 aliphatic carbocycles. The van der Waals surface area contributed by atoms with Crippen LogP contribution in [-0.4, -0.2) is 23.1 Å². The van der Waals surface area contributed by atoms with E-state index in [1.165, 1.54) is 0 Å². The second kappa shape index (κ2) is 4.80. The van der Waals surface area contributed by atoms with Crippen molar-refractivity contribution in [2.24, 2.45) is 5.92 Å². The molecule has 2 rings (SSSR count). The molecule has 1 aromatic rings. The Balaban J connectivity index is 0.000000396. The number of nitrogens with zero attached hydrogens (tertiary/aromatic N) is 3. The smallest absolute Gasteiger partial charge is 0.225 e. The van der Waals surface area contributed by atoms with Crippen molar-refractivity contribution in [2.75, 3.05) is 18.0 Å². The lowest BCUT2D eigenvalue weighted by Gasteiger charge is -2.36. The van der Waals surface area contributed by atoms with Crippen LogP contribution >= 0.6 is 0 Å². The van der Waals surface area contributed by atoms with Crippen molar-refractivity contribution in [2.45, 2.75) is 20.8 Å². The second-order valence-corrected chi connectivity index (χ2v) is 3.06. The molecule has 0 aromatic carbocycles. The SMILES string of the molecule is CC.CC1CN(c2ncccn2)C1. The molecule has 72 valence electrons.